The first-order valence-corrected chi connectivity index (χ1v) is 7.60. The lowest BCUT2D eigenvalue weighted by Crippen LogP contribution is -2.14. The van der Waals surface area contributed by atoms with E-state index in [-0.39, 0.29) is 6.04 Å². The Kier molecular flexibility index (Phi) is 3.76. The van der Waals surface area contributed by atoms with Gasteiger partial charge in [-0.2, -0.15) is 9.61 Å². The van der Waals surface area contributed by atoms with Crippen LogP contribution in [0.25, 0.3) is 4.96 Å². The molecule has 7 heteroatoms. The van der Waals surface area contributed by atoms with Crippen LogP contribution in [0, 0.1) is 0 Å². The molecule has 6 nitrogen and oxygen atoms in total. The summed E-state index contributed by atoms with van der Waals surface area (Å²) < 4.78 is 7.30. The predicted octanol–water partition coefficient (Wildman–Crippen LogP) is 1.36. The maximum Gasteiger partial charge on any atom is 0.234 e. The molecule has 0 saturated carbocycles. The molecule has 2 unspecified atom stereocenters. The lowest BCUT2D eigenvalue weighted by molar-refractivity contribution is 0.193. The summed E-state index contributed by atoms with van der Waals surface area (Å²) in [5, 5.41) is 14.2. The molecular weight excluding hydrogens is 262 g/mol. The van der Waals surface area contributed by atoms with Crippen LogP contribution in [0.3, 0.4) is 0 Å². The molecule has 1 aliphatic rings. The zero-order valence-corrected chi connectivity index (χ0v) is 11.9. The molecule has 2 aromatic rings. The van der Waals surface area contributed by atoms with Gasteiger partial charge in [0.2, 0.25) is 4.96 Å². The standard InChI is InChI=1S/C12H19N5OS/c1-8(13)3-2-4-10-16-17-11(9-5-6-18-7-9)14-15-12(17)19-10/h8-9H,2-7,13H2,1H3. The van der Waals surface area contributed by atoms with E-state index in [0.717, 1.165) is 54.7 Å². The van der Waals surface area contributed by atoms with Gasteiger partial charge in [0, 0.05) is 25.0 Å². The molecule has 2 aromatic heterocycles. The van der Waals surface area contributed by atoms with E-state index in [1.165, 1.54) is 0 Å². The van der Waals surface area contributed by atoms with E-state index in [2.05, 4.69) is 15.3 Å². The van der Waals surface area contributed by atoms with E-state index < -0.39 is 0 Å². The summed E-state index contributed by atoms with van der Waals surface area (Å²) in [5.74, 6) is 1.29. The van der Waals surface area contributed by atoms with Crippen LogP contribution in [0.1, 0.15) is 42.9 Å². The number of rotatable bonds is 5. The van der Waals surface area contributed by atoms with Gasteiger partial charge < -0.3 is 10.5 Å². The molecule has 0 bridgehead atoms. The molecule has 1 saturated heterocycles. The van der Waals surface area contributed by atoms with Crippen molar-refractivity contribution < 1.29 is 4.74 Å². The molecule has 0 aromatic carbocycles. The lowest BCUT2D eigenvalue weighted by Gasteiger charge is -2.02. The third kappa shape index (κ3) is 2.77. The highest BCUT2D eigenvalue weighted by Gasteiger charge is 2.24. The largest absolute Gasteiger partial charge is 0.381 e. The molecule has 0 spiro atoms. The summed E-state index contributed by atoms with van der Waals surface area (Å²) in [4.78, 5) is 0.887. The SMILES string of the molecule is CC(N)CCCc1nn2c(C3CCOC3)nnc2s1. The second kappa shape index (κ2) is 5.52. The molecule has 0 aliphatic carbocycles. The van der Waals surface area contributed by atoms with Gasteiger partial charge in [0.05, 0.1) is 6.61 Å². The Hall–Kier alpha value is -1.05. The second-order valence-corrected chi connectivity index (χ2v) is 6.22. The van der Waals surface area contributed by atoms with E-state index in [4.69, 9.17) is 10.5 Å². The zero-order chi connectivity index (χ0) is 13.2. The quantitative estimate of drug-likeness (QED) is 0.895. The molecule has 104 valence electrons. The normalized spacial score (nSPS) is 21.3. The van der Waals surface area contributed by atoms with Crippen molar-refractivity contribution in [2.24, 2.45) is 5.73 Å². The Bertz CT molecular complexity index is 543. The van der Waals surface area contributed by atoms with Gasteiger partial charge in [-0.3, -0.25) is 0 Å². The number of nitrogens with two attached hydrogens (primary N) is 1. The van der Waals surface area contributed by atoms with Crippen molar-refractivity contribution in [2.75, 3.05) is 13.2 Å². The van der Waals surface area contributed by atoms with Gasteiger partial charge in [-0.1, -0.05) is 11.3 Å². The maximum absolute atomic E-state index is 5.76. The monoisotopic (exact) mass is 281 g/mol. The Balaban J connectivity index is 1.73. The van der Waals surface area contributed by atoms with Gasteiger partial charge in [0.1, 0.15) is 5.01 Å². The fraction of sp³-hybridized carbons (Fsp3) is 0.750. The van der Waals surface area contributed by atoms with Crippen molar-refractivity contribution in [1.29, 1.82) is 0 Å². The van der Waals surface area contributed by atoms with Gasteiger partial charge in [0.15, 0.2) is 5.82 Å². The average molecular weight is 281 g/mol. The molecule has 1 aliphatic heterocycles. The first-order chi connectivity index (χ1) is 9.24. The highest BCUT2D eigenvalue weighted by Crippen LogP contribution is 2.25. The van der Waals surface area contributed by atoms with Gasteiger partial charge >= 0.3 is 0 Å². The zero-order valence-electron chi connectivity index (χ0n) is 11.1. The maximum atomic E-state index is 5.76. The first kappa shape index (κ1) is 13.0. The minimum Gasteiger partial charge on any atom is -0.381 e. The molecule has 1 fully saturated rings. The number of hydrogen-bond acceptors (Lipinski definition) is 6. The molecule has 3 heterocycles. The van der Waals surface area contributed by atoms with Gasteiger partial charge in [-0.25, -0.2) is 0 Å². The number of aryl methyl sites for hydroxylation is 1. The Labute approximate surface area is 116 Å². The van der Waals surface area contributed by atoms with Crippen LogP contribution in [-0.2, 0) is 11.2 Å². The highest BCUT2D eigenvalue weighted by molar-refractivity contribution is 7.16. The average Bonchev–Trinajstić information content (AvgIpc) is 3.01. The molecule has 3 rings (SSSR count). The van der Waals surface area contributed by atoms with Gasteiger partial charge in [0.25, 0.3) is 0 Å². The second-order valence-electron chi connectivity index (χ2n) is 5.18. The van der Waals surface area contributed by atoms with E-state index >= 15 is 0 Å². The molecule has 2 N–H and O–H groups in total. The third-order valence-corrected chi connectivity index (χ3v) is 4.36. The fourth-order valence-electron chi connectivity index (χ4n) is 2.34. The summed E-state index contributed by atoms with van der Waals surface area (Å²) in [6, 6.07) is 0.261. The van der Waals surface area contributed by atoms with E-state index in [1.54, 1.807) is 11.3 Å². The van der Waals surface area contributed by atoms with Crippen molar-refractivity contribution in [1.82, 2.24) is 19.8 Å². The molecule has 19 heavy (non-hydrogen) atoms. The number of nitrogens with zero attached hydrogens (tertiary/aromatic N) is 4. The number of hydrogen-bond donors (Lipinski definition) is 1. The molecular formula is C12H19N5OS. The van der Waals surface area contributed by atoms with Crippen molar-refractivity contribution >= 4 is 16.3 Å². The Morgan fingerprint density at radius 1 is 1.53 bits per heavy atom. The Morgan fingerprint density at radius 2 is 2.42 bits per heavy atom. The van der Waals surface area contributed by atoms with Crippen LogP contribution in [0.4, 0.5) is 0 Å². The van der Waals surface area contributed by atoms with Crippen molar-refractivity contribution in [3.8, 4) is 0 Å². The van der Waals surface area contributed by atoms with Crippen LogP contribution in [-0.4, -0.2) is 39.1 Å². The molecule has 0 radical (unpaired) electrons. The topological polar surface area (TPSA) is 78.3 Å². The van der Waals surface area contributed by atoms with E-state index in [9.17, 15) is 0 Å². The van der Waals surface area contributed by atoms with Gasteiger partial charge in [-0.05, 0) is 26.2 Å². The van der Waals surface area contributed by atoms with E-state index in [0.29, 0.717) is 5.92 Å². The smallest absolute Gasteiger partial charge is 0.234 e. The minimum atomic E-state index is 0.261. The van der Waals surface area contributed by atoms with Crippen LogP contribution >= 0.6 is 11.3 Å². The number of aromatic nitrogens is 4. The highest BCUT2D eigenvalue weighted by atomic mass is 32.1. The van der Waals surface area contributed by atoms with E-state index in [1.807, 2.05) is 11.4 Å². The Morgan fingerprint density at radius 3 is 3.16 bits per heavy atom. The number of fused-ring (bicyclic) bond motifs is 1. The lowest BCUT2D eigenvalue weighted by atomic mass is 10.1. The van der Waals surface area contributed by atoms with Crippen LogP contribution in [0.5, 0.6) is 0 Å². The fourth-order valence-corrected chi connectivity index (χ4v) is 3.22. The first-order valence-electron chi connectivity index (χ1n) is 6.78. The van der Waals surface area contributed by atoms with Crippen molar-refractivity contribution in [2.45, 2.75) is 44.6 Å². The van der Waals surface area contributed by atoms with Crippen LogP contribution in [0.2, 0.25) is 0 Å². The molecule has 2 atom stereocenters. The third-order valence-electron chi connectivity index (χ3n) is 3.40. The summed E-state index contributed by atoms with van der Waals surface area (Å²) in [5.41, 5.74) is 5.76. The minimum absolute atomic E-state index is 0.261. The van der Waals surface area contributed by atoms with Crippen LogP contribution in [0.15, 0.2) is 0 Å². The molecule has 0 amide bonds. The summed E-state index contributed by atoms with van der Waals surface area (Å²) in [7, 11) is 0. The van der Waals surface area contributed by atoms with Crippen LogP contribution < -0.4 is 5.73 Å². The van der Waals surface area contributed by atoms with Crippen molar-refractivity contribution in [3.05, 3.63) is 10.8 Å². The summed E-state index contributed by atoms with van der Waals surface area (Å²) >= 11 is 1.63. The summed E-state index contributed by atoms with van der Waals surface area (Å²) in [6.45, 7) is 3.58. The number of ether oxygens (including phenoxy) is 1. The summed E-state index contributed by atoms with van der Waals surface area (Å²) in [6.07, 6.45) is 4.08. The van der Waals surface area contributed by atoms with Crippen molar-refractivity contribution in [3.63, 3.8) is 0 Å². The van der Waals surface area contributed by atoms with Gasteiger partial charge in [-0.15, -0.1) is 10.2 Å². The predicted molar refractivity (Wildman–Crippen MR) is 73.4 cm³/mol.